The highest BCUT2D eigenvalue weighted by Crippen LogP contribution is 2.58. The van der Waals surface area contributed by atoms with Crippen LogP contribution in [-0.4, -0.2) is 53.5 Å². The zero-order valence-corrected chi connectivity index (χ0v) is 23.3. The summed E-state index contributed by atoms with van der Waals surface area (Å²) in [6, 6.07) is 1.29. The van der Waals surface area contributed by atoms with Crippen LogP contribution in [0.4, 0.5) is 18.9 Å². The van der Waals surface area contributed by atoms with Crippen molar-refractivity contribution in [2.45, 2.75) is 74.7 Å². The highest BCUT2D eigenvalue weighted by Gasteiger charge is 2.64. The Morgan fingerprint density at radius 3 is 2.21 bits per heavy atom. The molecule has 7 nitrogen and oxygen atoms in total. The number of allylic oxidation sites excluding steroid dienone is 2. The highest BCUT2D eigenvalue weighted by atomic mass is 35.5. The van der Waals surface area contributed by atoms with Gasteiger partial charge in [0.2, 0.25) is 5.91 Å². The van der Waals surface area contributed by atoms with Crippen LogP contribution < -0.4 is 5.32 Å². The Hall–Kier alpha value is -2.37. The van der Waals surface area contributed by atoms with Crippen LogP contribution in [0.3, 0.4) is 0 Å². The number of carbonyl (C=O) groups is 2. The van der Waals surface area contributed by atoms with Crippen molar-refractivity contribution in [1.82, 2.24) is 4.90 Å². The van der Waals surface area contributed by atoms with Crippen LogP contribution >= 0.6 is 11.6 Å². The number of nitrogens with one attached hydrogen (secondary N) is 1. The summed E-state index contributed by atoms with van der Waals surface area (Å²) in [5.41, 5.74) is -1.60. The summed E-state index contributed by atoms with van der Waals surface area (Å²) in [5, 5.41) is 0.524. The third-order valence-electron chi connectivity index (χ3n) is 8.77. The molecule has 2 bridgehead atoms. The molecule has 1 spiro atoms. The van der Waals surface area contributed by atoms with E-state index in [1.165, 1.54) is 19.1 Å². The first-order valence-corrected chi connectivity index (χ1v) is 14.9. The van der Waals surface area contributed by atoms with Crippen LogP contribution in [-0.2, 0) is 24.2 Å². The van der Waals surface area contributed by atoms with E-state index < -0.39 is 55.0 Å². The second-order valence-corrected chi connectivity index (χ2v) is 14.3. The zero-order valence-electron chi connectivity index (χ0n) is 21.8. The SMILES string of the molecule is CC(=O)N1CC2(OC1(C)C)C1CCC2CC(S(=O)(=O)C2CC(C(=O)Nc3cc(F)c(F)c(F)c3)=CC=C2Cl)C1. The second-order valence-electron chi connectivity index (χ2n) is 11.4. The highest BCUT2D eigenvalue weighted by molar-refractivity contribution is 7.93. The van der Waals surface area contributed by atoms with E-state index in [1.54, 1.807) is 4.90 Å². The Kier molecular flexibility index (Phi) is 6.95. The van der Waals surface area contributed by atoms with Crippen molar-refractivity contribution in [2.24, 2.45) is 11.8 Å². The lowest BCUT2D eigenvalue weighted by Crippen LogP contribution is -2.52. The van der Waals surface area contributed by atoms with E-state index >= 15 is 0 Å². The lowest BCUT2D eigenvalue weighted by atomic mass is 9.74. The van der Waals surface area contributed by atoms with Crippen LogP contribution in [0.25, 0.3) is 0 Å². The van der Waals surface area contributed by atoms with Crippen LogP contribution in [0.5, 0.6) is 0 Å². The molecule has 5 rings (SSSR count). The minimum absolute atomic E-state index is 0.0485. The Morgan fingerprint density at radius 2 is 1.67 bits per heavy atom. The molecule has 3 unspecified atom stereocenters. The molecule has 1 aromatic carbocycles. The average molecular weight is 587 g/mol. The summed E-state index contributed by atoms with van der Waals surface area (Å²) in [6.45, 7) is 5.64. The molecule has 39 heavy (non-hydrogen) atoms. The lowest BCUT2D eigenvalue weighted by molar-refractivity contribution is -0.164. The predicted octanol–water partition coefficient (Wildman–Crippen LogP) is 4.82. The van der Waals surface area contributed by atoms with Crippen molar-refractivity contribution in [1.29, 1.82) is 0 Å². The lowest BCUT2D eigenvalue weighted by Gasteiger charge is -2.44. The van der Waals surface area contributed by atoms with Crippen LogP contribution in [0.1, 0.15) is 52.9 Å². The molecule has 0 aromatic heterocycles. The van der Waals surface area contributed by atoms with Crippen molar-refractivity contribution >= 4 is 38.9 Å². The zero-order chi connectivity index (χ0) is 28.5. The standard InChI is InChI=1S/C27H30ClF3N2O5S/c1-14(34)33-13-27(38-26(33,2)3)16-5-6-17(27)10-19(9-16)39(36,37)23-8-15(4-7-20(23)28)25(35)32-18-11-21(29)24(31)22(30)12-18/h4,7,11-12,16-17,19,23H,5-6,8-10,13H2,1-3H3,(H,32,35). The van der Waals surface area contributed by atoms with Gasteiger partial charge in [-0.2, -0.15) is 0 Å². The fourth-order valence-electron chi connectivity index (χ4n) is 6.93. The maximum Gasteiger partial charge on any atom is 0.251 e. The van der Waals surface area contributed by atoms with Gasteiger partial charge in [-0.1, -0.05) is 17.7 Å². The second kappa shape index (κ2) is 9.62. The quantitative estimate of drug-likeness (QED) is 0.511. The molecule has 1 heterocycles. The number of nitrogens with zero attached hydrogens (tertiary/aromatic N) is 1. The fourth-order valence-corrected chi connectivity index (χ4v) is 9.71. The summed E-state index contributed by atoms with van der Waals surface area (Å²) >= 11 is 6.37. The fraction of sp³-hybridized carbons (Fsp3) is 0.556. The summed E-state index contributed by atoms with van der Waals surface area (Å²) in [4.78, 5) is 26.8. The number of benzene rings is 1. The van der Waals surface area contributed by atoms with Crippen molar-refractivity contribution in [3.05, 3.63) is 52.3 Å². The summed E-state index contributed by atoms with van der Waals surface area (Å²) < 4.78 is 74.7. The third kappa shape index (κ3) is 4.70. The maximum atomic E-state index is 13.9. The van der Waals surface area contributed by atoms with Crippen LogP contribution in [0, 0.1) is 29.3 Å². The number of hydrogen-bond donors (Lipinski definition) is 1. The van der Waals surface area contributed by atoms with Gasteiger partial charge in [-0.15, -0.1) is 0 Å². The number of amides is 2. The molecule has 2 amide bonds. The summed E-state index contributed by atoms with van der Waals surface area (Å²) in [5.74, 6) is -5.53. The average Bonchev–Trinajstić information content (AvgIpc) is 3.19. The van der Waals surface area contributed by atoms with E-state index in [2.05, 4.69) is 5.32 Å². The maximum absolute atomic E-state index is 13.9. The van der Waals surface area contributed by atoms with Crippen molar-refractivity contribution < 1.29 is 35.9 Å². The Balaban J connectivity index is 1.32. The largest absolute Gasteiger partial charge is 0.347 e. The Labute approximate surface area is 230 Å². The molecule has 1 aliphatic heterocycles. The molecule has 4 aliphatic rings. The monoisotopic (exact) mass is 586 g/mol. The first-order chi connectivity index (χ1) is 18.2. The van der Waals surface area contributed by atoms with Crippen LogP contribution in [0.2, 0.25) is 0 Å². The molecule has 2 saturated carbocycles. The van der Waals surface area contributed by atoms with Gasteiger partial charge in [0.05, 0.1) is 17.4 Å². The van der Waals surface area contributed by atoms with Crippen molar-refractivity contribution in [2.75, 3.05) is 11.9 Å². The van der Waals surface area contributed by atoms with E-state index in [0.29, 0.717) is 31.5 Å². The number of anilines is 1. The molecule has 12 heteroatoms. The molecule has 1 saturated heterocycles. The van der Waals surface area contributed by atoms with Gasteiger partial charge in [0, 0.05) is 35.3 Å². The number of rotatable bonds is 4. The molecule has 212 valence electrons. The summed E-state index contributed by atoms with van der Waals surface area (Å²) in [6.07, 6.45) is 4.82. The van der Waals surface area contributed by atoms with Gasteiger partial charge < -0.3 is 15.0 Å². The predicted molar refractivity (Wildman–Crippen MR) is 139 cm³/mol. The minimum atomic E-state index is -3.85. The molecule has 1 aromatic rings. The molecule has 3 aliphatic carbocycles. The van der Waals surface area contributed by atoms with Crippen LogP contribution in [0.15, 0.2) is 34.9 Å². The van der Waals surface area contributed by atoms with Crippen molar-refractivity contribution in [3.8, 4) is 0 Å². The van der Waals surface area contributed by atoms with Gasteiger partial charge in [0.15, 0.2) is 27.3 Å². The normalized spacial score (nSPS) is 31.7. The number of sulfone groups is 1. The molecule has 3 fully saturated rings. The molecule has 1 N–H and O–H groups in total. The third-order valence-corrected chi connectivity index (χ3v) is 11.8. The first-order valence-electron chi connectivity index (χ1n) is 12.9. The van der Waals surface area contributed by atoms with E-state index in [1.807, 2.05) is 13.8 Å². The van der Waals surface area contributed by atoms with Gasteiger partial charge in [-0.3, -0.25) is 9.59 Å². The summed E-state index contributed by atoms with van der Waals surface area (Å²) in [7, 11) is -3.85. The number of carbonyl (C=O) groups excluding carboxylic acids is 2. The van der Waals surface area contributed by atoms with Gasteiger partial charge in [-0.25, -0.2) is 21.6 Å². The topological polar surface area (TPSA) is 92.8 Å². The molecular weight excluding hydrogens is 557 g/mol. The van der Waals surface area contributed by atoms with Gasteiger partial charge in [0.1, 0.15) is 11.0 Å². The molecule has 3 atom stereocenters. The number of halogens is 4. The van der Waals surface area contributed by atoms with E-state index in [9.17, 15) is 31.2 Å². The minimum Gasteiger partial charge on any atom is -0.347 e. The smallest absolute Gasteiger partial charge is 0.251 e. The first kappa shape index (κ1) is 28.2. The van der Waals surface area contributed by atoms with Gasteiger partial charge >= 0.3 is 0 Å². The van der Waals surface area contributed by atoms with Gasteiger partial charge in [-0.05, 0) is 63.9 Å². The van der Waals surface area contributed by atoms with E-state index in [0.717, 1.165) is 12.8 Å². The Bertz CT molecular complexity index is 1370. The molecule has 0 radical (unpaired) electrons. The Morgan fingerprint density at radius 1 is 1.08 bits per heavy atom. The van der Waals surface area contributed by atoms with Gasteiger partial charge in [0.25, 0.3) is 5.91 Å². The number of ether oxygens (including phenoxy) is 1. The van der Waals surface area contributed by atoms with E-state index in [-0.39, 0.29) is 40.5 Å². The van der Waals surface area contributed by atoms with Crippen molar-refractivity contribution in [3.63, 3.8) is 0 Å². The number of hydrogen-bond acceptors (Lipinski definition) is 5. The van der Waals surface area contributed by atoms with E-state index in [4.69, 9.17) is 16.3 Å². The molecular formula is C27H30ClF3N2O5S.